The second kappa shape index (κ2) is 7.98. The van der Waals surface area contributed by atoms with Crippen LogP contribution in [0.3, 0.4) is 0 Å². The highest BCUT2D eigenvalue weighted by molar-refractivity contribution is 5.90. The highest BCUT2D eigenvalue weighted by Gasteiger charge is 2.18. The zero-order valence-corrected chi connectivity index (χ0v) is 17.5. The van der Waals surface area contributed by atoms with Crippen LogP contribution in [-0.2, 0) is 18.3 Å². The number of hydrogen-bond donors (Lipinski definition) is 1. The zero-order valence-electron chi connectivity index (χ0n) is 17.5. The van der Waals surface area contributed by atoms with E-state index in [-0.39, 0.29) is 5.91 Å². The van der Waals surface area contributed by atoms with Crippen LogP contribution in [0.5, 0.6) is 5.88 Å². The lowest BCUT2D eigenvalue weighted by molar-refractivity contribution is -0.116. The first-order valence-corrected chi connectivity index (χ1v) is 9.75. The molecule has 0 saturated carbocycles. The van der Waals surface area contributed by atoms with Gasteiger partial charge in [-0.1, -0.05) is 18.2 Å². The quantitative estimate of drug-likeness (QED) is 0.533. The normalized spacial score (nSPS) is 11.1. The molecule has 3 heterocycles. The number of nitrogens with one attached hydrogen (secondary N) is 1. The summed E-state index contributed by atoms with van der Waals surface area (Å²) in [4.78, 5) is 17.2. The number of amides is 1. The van der Waals surface area contributed by atoms with Crippen LogP contribution in [0.15, 0.2) is 42.6 Å². The van der Waals surface area contributed by atoms with Crippen molar-refractivity contribution >= 4 is 22.8 Å². The smallest absolute Gasteiger partial charge is 0.242 e. The lowest BCUT2D eigenvalue weighted by atomic mass is 10.00. The first-order chi connectivity index (χ1) is 14.5. The Labute approximate surface area is 174 Å². The molecule has 1 N–H and O–H groups in total. The van der Waals surface area contributed by atoms with Crippen LogP contribution in [0.4, 0.5) is 5.82 Å². The lowest BCUT2D eigenvalue weighted by Gasteiger charge is -2.11. The van der Waals surface area contributed by atoms with E-state index in [0.29, 0.717) is 24.5 Å². The van der Waals surface area contributed by atoms with Crippen molar-refractivity contribution in [3.63, 3.8) is 0 Å². The average molecular weight is 404 g/mol. The monoisotopic (exact) mass is 404 g/mol. The first-order valence-electron chi connectivity index (χ1n) is 9.75. The maximum absolute atomic E-state index is 12.5. The Balaban J connectivity index is 1.48. The van der Waals surface area contributed by atoms with E-state index in [1.807, 2.05) is 57.4 Å². The minimum absolute atomic E-state index is 0.0923. The number of fused-ring (bicyclic) bond motifs is 1. The van der Waals surface area contributed by atoms with Crippen LogP contribution >= 0.6 is 0 Å². The molecule has 3 aromatic heterocycles. The Hall–Kier alpha value is -3.68. The second-order valence-electron chi connectivity index (χ2n) is 7.16. The molecular weight excluding hydrogens is 380 g/mol. The lowest BCUT2D eigenvalue weighted by Crippen LogP contribution is -2.14. The number of rotatable bonds is 6. The summed E-state index contributed by atoms with van der Waals surface area (Å²) in [7, 11) is 3.45. The van der Waals surface area contributed by atoms with E-state index >= 15 is 0 Å². The largest absolute Gasteiger partial charge is 0.479 e. The molecule has 1 aromatic carbocycles. The fraction of sp³-hybridized carbons (Fsp3) is 0.273. The maximum Gasteiger partial charge on any atom is 0.242 e. The van der Waals surface area contributed by atoms with Crippen LogP contribution in [0, 0.1) is 13.8 Å². The summed E-state index contributed by atoms with van der Waals surface area (Å²) in [5.41, 5.74) is 4.70. The summed E-state index contributed by atoms with van der Waals surface area (Å²) < 4.78 is 8.85. The summed E-state index contributed by atoms with van der Waals surface area (Å²) in [6, 6.07) is 11.5. The zero-order chi connectivity index (χ0) is 21.3. The van der Waals surface area contributed by atoms with Crippen molar-refractivity contribution in [2.75, 3.05) is 12.4 Å². The molecule has 4 rings (SSSR count). The molecule has 0 bridgehead atoms. The molecule has 30 heavy (non-hydrogen) atoms. The van der Waals surface area contributed by atoms with Crippen molar-refractivity contribution in [2.24, 2.45) is 7.05 Å². The van der Waals surface area contributed by atoms with Crippen molar-refractivity contribution in [3.05, 3.63) is 59.4 Å². The Morgan fingerprint density at radius 1 is 1.13 bits per heavy atom. The van der Waals surface area contributed by atoms with E-state index in [0.717, 1.165) is 33.5 Å². The third-order valence-corrected chi connectivity index (χ3v) is 5.20. The third kappa shape index (κ3) is 3.63. The van der Waals surface area contributed by atoms with Gasteiger partial charge < -0.3 is 10.1 Å². The van der Waals surface area contributed by atoms with E-state index < -0.39 is 0 Å². The number of aromatic nitrogens is 5. The van der Waals surface area contributed by atoms with Gasteiger partial charge in [-0.25, -0.2) is 14.3 Å². The highest BCUT2D eigenvalue weighted by Crippen LogP contribution is 2.30. The molecule has 1 amide bonds. The summed E-state index contributed by atoms with van der Waals surface area (Å²) in [6.45, 7) is 3.98. The van der Waals surface area contributed by atoms with E-state index in [4.69, 9.17) is 4.74 Å². The Morgan fingerprint density at radius 3 is 2.63 bits per heavy atom. The molecule has 0 aliphatic heterocycles. The van der Waals surface area contributed by atoms with E-state index in [9.17, 15) is 4.79 Å². The number of benzene rings is 1. The van der Waals surface area contributed by atoms with Crippen LogP contribution in [0.1, 0.15) is 23.2 Å². The number of para-hydroxylation sites is 1. The number of hydrogen-bond acceptors (Lipinski definition) is 5. The van der Waals surface area contributed by atoms with E-state index in [2.05, 4.69) is 20.5 Å². The highest BCUT2D eigenvalue weighted by atomic mass is 16.5. The van der Waals surface area contributed by atoms with Gasteiger partial charge in [0.25, 0.3) is 0 Å². The molecule has 0 unspecified atom stereocenters. The van der Waals surface area contributed by atoms with Crippen LogP contribution < -0.4 is 10.1 Å². The number of aryl methyl sites for hydroxylation is 3. The van der Waals surface area contributed by atoms with Crippen molar-refractivity contribution < 1.29 is 9.53 Å². The molecular formula is C22H24N6O2. The number of carbonyl (C=O) groups is 1. The van der Waals surface area contributed by atoms with Crippen LogP contribution in [0.2, 0.25) is 0 Å². The van der Waals surface area contributed by atoms with Gasteiger partial charge in [0.1, 0.15) is 0 Å². The van der Waals surface area contributed by atoms with Gasteiger partial charge in [-0.05, 0) is 43.5 Å². The summed E-state index contributed by atoms with van der Waals surface area (Å²) in [5, 5.41) is 12.6. The molecule has 0 radical (unpaired) electrons. The Bertz CT molecular complexity index is 1210. The predicted octanol–water partition coefficient (Wildman–Crippen LogP) is 3.35. The first kappa shape index (κ1) is 19.6. The number of nitrogens with zero attached hydrogens (tertiary/aromatic N) is 5. The van der Waals surface area contributed by atoms with Crippen molar-refractivity contribution in [1.82, 2.24) is 24.5 Å². The maximum atomic E-state index is 12.5. The van der Waals surface area contributed by atoms with Gasteiger partial charge >= 0.3 is 0 Å². The van der Waals surface area contributed by atoms with Gasteiger partial charge in [-0.15, -0.1) is 5.10 Å². The molecule has 0 spiro atoms. The molecule has 0 aliphatic carbocycles. The molecule has 4 aromatic rings. The third-order valence-electron chi connectivity index (χ3n) is 5.20. The Kier molecular flexibility index (Phi) is 5.22. The number of methoxy groups -OCH3 is 1. The Morgan fingerprint density at radius 2 is 1.90 bits per heavy atom. The molecule has 0 atom stereocenters. The minimum Gasteiger partial charge on any atom is -0.479 e. The van der Waals surface area contributed by atoms with Gasteiger partial charge in [0.2, 0.25) is 11.8 Å². The number of ether oxygens (including phenoxy) is 1. The number of anilines is 1. The second-order valence-corrected chi connectivity index (χ2v) is 7.16. The molecule has 8 nitrogen and oxygen atoms in total. The average Bonchev–Trinajstić information content (AvgIpc) is 3.33. The van der Waals surface area contributed by atoms with Gasteiger partial charge in [-0.2, -0.15) is 5.10 Å². The topological polar surface area (TPSA) is 86.9 Å². The van der Waals surface area contributed by atoms with E-state index in [1.165, 1.54) is 0 Å². The SMILES string of the molecule is COc1nn(C)c2nc(C)c(CCC(=O)Nc3ccn(-c4ccccc4)n3)c(C)c12. The molecule has 0 aliphatic rings. The number of carbonyl (C=O) groups excluding carboxylic acids is 1. The van der Waals surface area contributed by atoms with E-state index in [1.54, 1.807) is 22.5 Å². The standard InChI is InChI=1S/C22H24N6O2/c1-14-17(15(2)23-21-20(14)22(30-4)26-27(21)3)10-11-19(29)24-18-12-13-28(25-18)16-8-6-5-7-9-16/h5-9,12-13H,10-11H2,1-4H3,(H,24,25,29). The van der Waals surface area contributed by atoms with Gasteiger partial charge in [-0.3, -0.25) is 4.79 Å². The van der Waals surface area contributed by atoms with Crippen molar-refractivity contribution in [2.45, 2.75) is 26.7 Å². The number of pyridine rings is 1. The summed E-state index contributed by atoms with van der Waals surface area (Å²) in [6.07, 6.45) is 2.73. The van der Waals surface area contributed by atoms with Gasteiger partial charge in [0.15, 0.2) is 11.5 Å². The molecule has 0 fully saturated rings. The predicted molar refractivity (Wildman–Crippen MR) is 115 cm³/mol. The van der Waals surface area contributed by atoms with Crippen molar-refractivity contribution in [1.29, 1.82) is 0 Å². The van der Waals surface area contributed by atoms with Crippen LogP contribution in [-0.4, -0.2) is 37.6 Å². The van der Waals surface area contributed by atoms with Gasteiger partial charge in [0.05, 0.1) is 18.2 Å². The van der Waals surface area contributed by atoms with Crippen molar-refractivity contribution in [3.8, 4) is 11.6 Å². The van der Waals surface area contributed by atoms with Crippen LogP contribution in [0.25, 0.3) is 16.7 Å². The minimum atomic E-state index is -0.0923. The summed E-state index contributed by atoms with van der Waals surface area (Å²) in [5.74, 6) is 0.986. The molecule has 154 valence electrons. The van der Waals surface area contributed by atoms with Gasteiger partial charge in [0, 0.05) is 31.4 Å². The fourth-order valence-electron chi connectivity index (χ4n) is 3.67. The molecule has 8 heteroatoms. The summed E-state index contributed by atoms with van der Waals surface area (Å²) >= 11 is 0. The molecule has 0 saturated heterocycles. The fourth-order valence-corrected chi connectivity index (χ4v) is 3.67.